The van der Waals surface area contributed by atoms with Crippen molar-refractivity contribution in [1.29, 1.82) is 0 Å². The van der Waals surface area contributed by atoms with E-state index in [1.54, 1.807) is 24.5 Å². The van der Waals surface area contributed by atoms with Gasteiger partial charge in [0.15, 0.2) is 0 Å². The van der Waals surface area contributed by atoms with Crippen molar-refractivity contribution < 1.29 is 9.53 Å². The quantitative estimate of drug-likeness (QED) is 0.784. The Kier molecular flexibility index (Phi) is 4.38. The summed E-state index contributed by atoms with van der Waals surface area (Å²) in [5, 5.41) is 2.99. The molecule has 2 aromatic rings. The first kappa shape index (κ1) is 15.2. The summed E-state index contributed by atoms with van der Waals surface area (Å²) < 4.78 is 5.29. The van der Waals surface area contributed by atoms with Crippen LogP contribution in [0, 0.1) is 0 Å². The molecule has 1 aliphatic rings. The molecule has 0 unspecified atom stereocenters. The fourth-order valence-corrected chi connectivity index (χ4v) is 2.55. The molecule has 5 N–H and O–H groups in total. The zero-order chi connectivity index (χ0) is 16.2. The second-order valence-corrected chi connectivity index (χ2v) is 5.49. The summed E-state index contributed by atoms with van der Waals surface area (Å²) in [6.45, 7) is 1.32. The van der Waals surface area contributed by atoms with Crippen LogP contribution in [-0.4, -0.2) is 35.1 Å². The number of aromatic nitrogens is 2. The number of anilines is 2. The van der Waals surface area contributed by atoms with Crippen molar-refractivity contribution in [3.63, 3.8) is 0 Å². The molecule has 1 fully saturated rings. The molecule has 7 heteroatoms. The predicted molar refractivity (Wildman–Crippen MR) is 87.6 cm³/mol. The minimum Gasteiger partial charge on any atom is -0.384 e. The van der Waals surface area contributed by atoms with Crippen molar-refractivity contribution in [3.8, 4) is 11.1 Å². The van der Waals surface area contributed by atoms with E-state index in [9.17, 15) is 4.79 Å². The highest BCUT2D eigenvalue weighted by molar-refractivity contribution is 5.99. The summed E-state index contributed by atoms with van der Waals surface area (Å²) in [6, 6.07) is 5.37. The summed E-state index contributed by atoms with van der Waals surface area (Å²) in [4.78, 5) is 20.6. The van der Waals surface area contributed by atoms with E-state index in [2.05, 4.69) is 15.3 Å². The van der Waals surface area contributed by atoms with Gasteiger partial charge in [0.25, 0.3) is 5.91 Å². The second-order valence-electron chi connectivity index (χ2n) is 5.49. The van der Waals surface area contributed by atoms with Gasteiger partial charge < -0.3 is 21.5 Å². The average Bonchev–Trinajstić information content (AvgIpc) is 2.56. The number of nitrogen functional groups attached to an aromatic ring is 2. The Morgan fingerprint density at radius 1 is 1.17 bits per heavy atom. The highest BCUT2D eigenvalue weighted by Gasteiger charge is 2.19. The van der Waals surface area contributed by atoms with Crippen molar-refractivity contribution in [3.05, 3.63) is 36.2 Å². The molecule has 2 aromatic heterocycles. The lowest BCUT2D eigenvalue weighted by atomic mass is 10.0. The van der Waals surface area contributed by atoms with Gasteiger partial charge in [0.2, 0.25) is 0 Å². The summed E-state index contributed by atoms with van der Waals surface area (Å²) in [5.41, 5.74) is 13.5. The standard InChI is InChI=1S/C16H19N5O2/c17-14-8-10(1-4-19-14)11-7-13(15(18)20-9-11)16(22)21-12-2-5-23-6-3-12/h1,4,7-9,12H,2-3,5-6H2,(H2,17,19)(H2,18,20)(H,21,22). The number of amides is 1. The Hall–Kier alpha value is -2.67. The van der Waals surface area contributed by atoms with E-state index in [-0.39, 0.29) is 17.8 Å². The van der Waals surface area contributed by atoms with Gasteiger partial charge in [-0.1, -0.05) is 0 Å². The molecular formula is C16H19N5O2. The van der Waals surface area contributed by atoms with E-state index < -0.39 is 0 Å². The highest BCUT2D eigenvalue weighted by Crippen LogP contribution is 2.23. The van der Waals surface area contributed by atoms with Gasteiger partial charge in [-0.05, 0) is 36.6 Å². The van der Waals surface area contributed by atoms with Gasteiger partial charge in [0.05, 0.1) is 5.56 Å². The van der Waals surface area contributed by atoms with Crippen LogP contribution in [0.1, 0.15) is 23.2 Å². The molecule has 120 valence electrons. The third kappa shape index (κ3) is 3.57. The normalized spacial score (nSPS) is 15.3. The van der Waals surface area contributed by atoms with E-state index in [1.807, 2.05) is 6.07 Å². The van der Waals surface area contributed by atoms with E-state index >= 15 is 0 Å². The number of carbonyl (C=O) groups excluding carboxylic acids is 1. The van der Waals surface area contributed by atoms with E-state index in [1.165, 1.54) is 0 Å². The second kappa shape index (κ2) is 6.62. The maximum Gasteiger partial charge on any atom is 0.255 e. The van der Waals surface area contributed by atoms with Crippen molar-refractivity contribution in [2.75, 3.05) is 24.7 Å². The monoisotopic (exact) mass is 313 g/mol. The lowest BCUT2D eigenvalue weighted by molar-refractivity contribution is 0.0697. The van der Waals surface area contributed by atoms with E-state index in [0.717, 1.165) is 24.0 Å². The molecular weight excluding hydrogens is 294 g/mol. The fourth-order valence-electron chi connectivity index (χ4n) is 2.55. The van der Waals surface area contributed by atoms with Crippen LogP contribution in [0.5, 0.6) is 0 Å². The maximum atomic E-state index is 12.5. The van der Waals surface area contributed by atoms with Crippen molar-refractivity contribution in [2.24, 2.45) is 0 Å². The largest absolute Gasteiger partial charge is 0.384 e. The molecule has 0 radical (unpaired) electrons. The highest BCUT2D eigenvalue weighted by atomic mass is 16.5. The Labute approximate surface area is 134 Å². The maximum absolute atomic E-state index is 12.5. The molecule has 0 aromatic carbocycles. The number of hydrogen-bond acceptors (Lipinski definition) is 6. The van der Waals surface area contributed by atoms with Gasteiger partial charge in [-0.3, -0.25) is 4.79 Å². The van der Waals surface area contributed by atoms with Crippen molar-refractivity contribution in [2.45, 2.75) is 18.9 Å². The van der Waals surface area contributed by atoms with Gasteiger partial charge in [0.1, 0.15) is 11.6 Å². The van der Waals surface area contributed by atoms with Gasteiger partial charge in [0, 0.05) is 37.2 Å². The molecule has 1 aliphatic heterocycles. The molecule has 3 heterocycles. The smallest absolute Gasteiger partial charge is 0.255 e. The minimum absolute atomic E-state index is 0.107. The van der Waals surface area contributed by atoms with Crippen LogP contribution < -0.4 is 16.8 Å². The van der Waals surface area contributed by atoms with Crippen LogP contribution in [0.15, 0.2) is 30.6 Å². The first-order valence-electron chi connectivity index (χ1n) is 7.49. The fraction of sp³-hybridized carbons (Fsp3) is 0.312. The van der Waals surface area contributed by atoms with Gasteiger partial charge in [-0.25, -0.2) is 9.97 Å². The topological polar surface area (TPSA) is 116 Å². The molecule has 1 amide bonds. The SMILES string of the molecule is Nc1cc(-c2cnc(N)c(C(=O)NC3CCOCC3)c2)ccn1. The van der Waals surface area contributed by atoms with E-state index in [4.69, 9.17) is 16.2 Å². The number of nitrogens with two attached hydrogens (primary N) is 2. The number of hydrogen-bond donors (Lipinski definition) is 3. The molecule has 0 aliphatic carbocycles. The molecule has 1 saturated heterocycles. The zero-order valence-electron chi connectivity index (χ0n) is 12.7. The number of carbonyl (C=O) groups is 1. The summed E-state index contributed by atoms with van der Waals surface area (Å²) in [5.74, 6) is 0.402. The summed E-state index contributed by atoms with van der Waals surface area (Å²) in [6.07, 6.45) is 4.84. The molecule has 0 atom stereocenters. The van der Waals surface area contributed by atoms with Crippen molar-refractivity contribution in [1.82, 2.24) is 15.3 Å². The summed E-state index contributed by atoms with van der Waals surface area (Å²) in [7, 11) is 0. The Morgan fingerprint density at radius 3 is 2.70 bits per heavy atom. The van der Waals surface area contributed by atoms with Crippen LogP contribution in [-0.2, 0) is 4.74 Å². The Morgan fingerprint density at radius 2 is 1.96 bits per heavy atom. The van der Waals surface area contributed by atoms with Gasteiger partial charge >= 0.3 is 0 Å². The first-order chi connectivity index (χ1) is 11.1. The number of nitrogens with zero attached hydrogens (tertiary/aromatic N) is 2. The summed E-state index contributed by atoms with van der Waals surface area (Å²) >= 11 is 0. The molecule has 7 nitrogen and oxygen atoms in total. The van der Waals surface area contributed by atoms with E-state index in [0.29, 0.717) is 24.6 Å². The lowest BCUT2D eigenvalue weighted by Crippen LogP contribution is -2.39. The minimum atomic E-state index is -0.217. The molecule has 3 rings (SSSR count). The molecule has 0 spiro atoms. The lowest BCUT2D eigenvalue weighted by Gasteiger charge is -2.23. The number of pyridine rings is 2. The number of rotatable bonds is 3. The molecule has 0 saturated carbocycles. The van der Waals surface area contributed by atoms with Crippen LogP contribution in [0.3, 0.4) is 0 Å². The average molecular weight is 313 g/mol. The van der Waals surface area contributed by atoms with Gasteiger partial charge in [-0.2, -0.15) is 0 Å². The van der Waals surface area contributed by atoms with Crippen LogP contribution in [0.4, 0.5) is 11.6 Å². The number of nitrogens with one attached hydrogen (secondary N) is 1. The Balaban J connectivity index is 1.83. The first-order valence-corrected chi connectivity index (χ1v) is 7.49. The number of ether oxygens (including phenoxy) is 1. The third-order valence-electron chi connectivity index (χ3n) is 3.83. The van der Waals surface area contributed by atoms with Crippen molar-refractivity contribution >= 4 is 17.5 Å². The van der Waals surface area contributed by atoms with Gasteiger partial charge in [-0.15, -0.1) is 0 Å². The van der Waals surface area contributed by atoms with Crippen LogP contribution >= 0.6 is 0 Å². The predicted octanol–water partition coefficient (Wildman–Crippen LogP) is 1.22. The van der Waals surface area contributed by atoms with Crippen LogP contribution in [0.2, 0.25) is 0 Å². The molecule has 0 bridgehead atoms. The Bertz CT molecular complexity index is 713. The van der Waals surface area contributed by atoms with Crippen LogP contribution in [0.25, 0.3) is 11.1 Å². The molecule has 23 heavy (non-hydrogen) atoms. The third-order valence-corrected chi connectivity index (χ3v) is 3.83. The zero-order valence-corrected chi connectivity index (χ0v) is 12.7.